The Morgan fingerprint density at radius 3 is 2.52 bits per heavy atom. The second kappa shape index (κ2) is 5.38. The van der Waals surface area contributed by atoms with Gasteiger partial charge in [-0.3, -0.25) is 4.90 Å². The molecule has 1 unspecified atom stereocenters. The van der Waals surface area contributed by atoms with Crippen LogP contribution in [0.5, 0.6) is 0 Å². The molecule has 5 heteroatoms. The van der Waals surface area contributed by atoms with Crippen LogP contribution in [0.25, 0.3) is 0 Å². The largest absolute Gasteiger partial charge is 0.328 e. The van der Waals surface area contributed by atoms with Crippen molar-refractivity contribution in [3.8, 4) is 0 Å². The number of rotatable bonds is 4. The third kappa shape index (κ3) is 2.51. The van der Waals surface area contributed by atoms with Crippen LogP contribution in [0.1, 0.15) is 39.2 Å². The molecule has 4 nitrogen and oxygen atoms in total. The van der Waals surface area contributed by atoms with Crippen molar-refractivity contribution >= 4 is 9.84 Å². The Morgan fingerprint density at radius 2 is 1.95 bits per heavy atom. The molecule has 0 aromatic heterocycles. The van der Waals surface area contributed by atoms with Crippen molar-refractivity contribution in [1.29, 1.82) is 0 Å². The van der Waals surface area contributed by atoms with Gasteiger partial charge in [-0.2, -0.15) is 0 Å². The van der Waals surface area contributed by atoms with Gasteiger partial charge in [0.15, 0.2) is 9.84 Å². The molecular weight excluding hydrogens is 284 g/mol. The Hall–Kier alpha value is -0.910. The molecular formula is C16H26N2O2S. The zero-order valence-electron chi connectivity index (χ0n) is 13.4. The van der Waals surface area contributed by atoms with Gasteiger partial charge in [0.2, 0.25) is 0 Å². The van der Waals surface area contributed by atoms with E-state index in [0.717, 1.165) is 12.0 Å². The van der Waals surface area contributed by atoms with E-state index in [0.29, 0.717) is 17.9 Å². The maximum atomic E-state index is 12.4. The summed E-state index contributed by atoms with van der Waals surface area (Å²) in [6, 6.07) is 7.31. The van der Waals surface area contributed by atoms with Crippen molar-refractivity contribution in [1.82, 2.24) is 4.90 Å². The van der Waals surface area contributed by atoms with Crippen molar-refractivity contribution in [2.75, 3.05) is 19.3 Å². The Kier molecular flexibility index (Phi) is 4.21. The lowest BCUT2D eigenvalue weighted by Gasteiger charge is -2.51. The molecule has 2 N–H and O–H groups in total. The summed E-state index contributed by atoms with van der Waals surface area (Å²) in [6.45, 7) is 6.91. The van der Waals surface area contributed by atoms with Crippen LogP contribution in [-0.4, -0.2) is 38.2 Å². The van der Waals surface area contributed by atoms with Gasteiger partial charge in [0.25, 0.3) is 0 Å². The van der Waals surface area contributed by atoms with E-state index in [1.165, 1.54) is 0 Å². The average molecular weight is 310 g/mol. The van der Waals surface area contributed by atoms with E-state index >= 15 is 0 Å². The molecule has 21 heavy (non-hydrogen) atoms. The van der Waals surface area contributed by atoms with Gasteiger partial charge < -0.3 is 5.73 Å². The summed E-state index contributed by atoms with van der Waals surface area (Å²) in [5.41, 5.74) is 6.54. The van der Waals surface area contributed by atoms with E-state index < -0.39 is 15.4 Å². The van der Waals surface area contributed by atoms with E-state index in [1.54, 1.807) is 12.1 Å². The van der Waals surface area contributed by atoms with Crippen molar-refractivity contribution in [3.05, 3.63) is 29.8 Å². The summed E-state index contributed by atoms with van der Waals surface area (Å²) in [5, 5.41) is 0. The number of nitrogens with two attached hydrogens (primary N) is 1. The summed E-state index contributed by atoms with van der Waals surface area (Å²) in [7, 11) is -1.13. The molecule has 1 aliphatic heterocycles. The molecule has 0 aliphatic carbocycles. The zero-order valence-corrected chi connectivity index (χ0v) is 14.2. The fraction of sp³-hybridized carbons (Fsp3) is 0.625. The monoisotopic (exact) mass is 310 g/mol. The number of hydrogen-bond acceptors (Lipinski definition) is 4. The van der Waals surface area contributed by atoms with Crippen LogP contribution in [0.15, 0.2) is 29.2 Å². The number of sulfone groups is 1. The van der Waals surface area contributed by atoms with Crippen molar-refractivity contribution in [2.24, 2.45) is 5.73 Å². The molecule has 0 fully saturated rings. The molecule has 2 rings (SSSR count). The molecule has 0 amide bonds. The highest BCUT2D eigenvalue weighted by molar-refractivity contribution is 7.91. The molecule has 1 aromatic carbocycles. The molecule has 118 valence electrons. The van der Waals surface area contributed by atoms with Crippen molar-refractivity contribution in [3.63, 3.8) is 0 Å². The second-order valence-electron chi connectivity index (χ2n) is 6.53. The summed E-state index contributed by atoms with van der Waals surface area (Å²) in [6.07, 6.45) is 1.52. The first-order chi connectivity index (χ1) is 9.71. The summed E-state index contributed by atoms with van der Waals surface area (Å²) >= 11 is 0. The molecule has 1 heterocycles. The smallest absolute Gasteiger partial charge is 0.178 e. The minimum atomic E-state index is -3.19. The van der Waals surface area contributed by atoms with E-state index in [4.69, 9.17) is 5.73 Å². The van der Waals surface area contributed by atoms with Crippen LogP contribution in [0.4, 0.5) is 0 Å². The highest BCUT2D eigenvalue weighted by atomic mass is 32.2. The molecule has 0 spiro atoms. The Morgan fingerprint density at radius 1 is 1.33 bits per heavy atom. The van der Waals surface area contributed by atoms with Gasteiger partial charge in [-0.05, 0) is 45.4 Å². The molecule has 0 saturated carbocycles. The van der Waals surface area contributed by atoms with Gasteiger partial charge in [0, 0.05) is 12.1 Å². The van der Waals surface area contributed by atoms with Gasteiger partial charge >= 0.3 is 0 Å². The zero-order chi connectivity index (χ0) is 15.9. The molecule has 1 atom stereocenters. The van der Waals surface area contributed by atoms with Gasteiger partial charge in [-0.25, -0.2) is 8.42 Å². The fourth-order valence-electron chi connectivity index (χ4n) is 3.18. The van der Waals surface area contributed by atoms with E-state index in [9.17, 15) is 8.42 Å². The molecule has 1 aromatic rings. The predicted octanol–water partition coefficient (Wildman–Crippen LogP) is 2.14. The van der Waals surface area contributed by atoms with Gasteiger partial charge in [0.1, 0.15) is 0 Å². The number of fused-ring (bicyclic) bond motifs is 1. The number of hydrogen-bond donors (Lipinski definition) is 1. The van der Waals surface area contributed by atoms with Crippen LogP contribution in [-0.2, 0) is 15.4 Å². The highest BCUT2D eigenvalue weighted by Gasteiger charge is 2.47. The molecule has 0 saturated heterocycles. The van der Waals surface area contributed by atoms with Crippen molar-refractivity contribution in [2.45, 2.75) is 49.6 Å². The SMILES string of the molecule is CCC(C)(C)N(C)C1(CN)CCS(=O)(=O)c2ccccc21. The third-order valence-electron chi connectivity index (χ3n) is 5.26. The maximum absolute atomic E-state index is 12.4. The normalized spacial score (nSPS) is 24.9. The number of nitrogens with zero attached hydrogens (tertiary/aromatic N) is 1. The maximum Gasteiger partial charge on any atom is 0.178 e. The third-order valence-corrected chi connectivity index (χ3v) is 7.03. The van der Waals surface area contributed by atoms with Crippen LogP contribution in [0, 0.1) is 0 Å². The van der Waals surface area contributed by atoms with Crippen LogP contribution < -0.4 is 5.73 Å². The Bertz CT molecular complexity index is 625. The van der Waals surface area contributed by atoms with Gasteiger partial charge in [-0.1, -0.05) is 25.1 Å². The van der Waals surface area contributed by atoms with Gasteiger partial charge in [-0.15, -0.1) is 0 Å². The lowest BCUT2D eigenvalue weighted by molar-refractivity contribution is 0.0146. The highest BCUT2D eigenvalue weighted by Crippen LogP contribution is 2.43. The Balaban J connectivity index is 2.66. The average Bonchev–Trinajstić information content (AvgIpc) is 2.48. The van der Waals surface area contributed by atoms with E-state index in [-0.39, 0.29) is 11.3 Å². The first-order valence-electron chi connectivity index (χ1n) is 7.47. The first-order valence-corrected chi connectivity index (χ1v) is 9.13. The van der Waals surface area contributed by atoms with Gasteiger partial charge in [0.05, 0.1) is 16.2 Å². The van der Waals surface area contributed by atoms with Crippen LogP contribution in [0.3, 0.4) is 0 Å². The fourth-order valence-corrected chi connectivity index (χ4v) is 4.89. The van der Waals surface area contributed by atoms with Crippen LogP contribution >= 0.6 is 0 Å². The second-order valence-corrected chi connectivity index (χ2v) is 8.60. The standard InChI is InChI=1S/C16H26N2O2S/c1-5-15(2,3)18(4)16(12-17)10-11-21(19,20)14-9-7-6-8-13(14)16/h6-9H,5,10-12,17H2,1-4H3. The summed E-state index contributed by atoms with van der Waals surface area (Å²) < 4.78 is 24.7. The molecule has 0 bridgehead atoms. The number of benzene rings is 1. The van der Waals surface area contributed by atoms with Crippen LogP contribution in [0.2, 0.25) is 0 Å². The lowest BCUT2D eigenvalue weighted by atomic mass is 9.81. The van der Waals surface area contributed by atoms with Crippen molar-refractivity contribution < 1.29 is 8.42 Å². The first kappa shape index (κ1) is 16.5. The molecule has 1 aliphatic rings. The summed E-state index contributed by atoms with van der Waals surface area (Å²) in [5.74, 6) is 0.158. The van der Waals surface area contributed by atoms with E-state index in [1.807, 2.05) is 12.1 Å². The van der Waals surface area contributed by atoms with E-state index in [2.05, 4.69) is 32.7 Å². The Labute approximate surface area is 128 Å². The quantitative estimate of drug-likeness (QED) is 0.925. The lowest BCUT2D eigenvalue weighted by Crippen LogP contribution is -2.59. The minimum absolute atomic E-state index is 0.0480. The topological polar surface area (TPSA) is 63.4 Å². The summed E-state index contributed by atoms with van der Waals surface area (Å²) in [4.78, 5) is 2.72. The molecule has 0 radical (unpaired) electrons. The number of likely N-dealkylation sites (N-methyl/N-ethyl adjacent to an activating group) is 1. The predicted molar refractivity (Wildman–Crippen MR) is 86.0 cm³/mol. The minimum Gasteiger partial charge on any atom is -0.328 e.